The summed E-state index contributed by atoms with van der Waals surface area (Å²) in [6.07, 6.45) is 0. The third kappa shape index (κ3) is 5.75. The number of amides is 2. The summed E-state index contributed by atoms with van der Waals surface area (Å²) < 4.78 is 0. The van der Waals surface area contributed by atoms with E-state index < -0.39 is 0 Å². The molecule has 2 amide bonds. The van der Waals surface area contributed by atoms with Gasteiger partial charge in [0.2, 0.25) is 0 Å². The molecule has 0 heterocycles. The average molecular weight is 409 g/mol. The smallest absolute Gasteiger partial charge is 0.323 e. The van der Waals surface area contributed by atoms with Crippen LogP contribution in [0.25, 0.3) is 11.1 Å². The molecule has 0 aliphatic rings. The second-order valence-corrected chi connectivity index (χ2v) is 6.69. The van der Waals surface area contributed by atoms with Gasteiger partial charge in [0.15, 0.2) is 0 Å². The number of urea groups is 1. The van der Waals surface area contributed by atoms with E-state index in [9.17, 15) is 4.79 Å². The van der Waals surface area contributed by atoms with E-state index in [1.807, 2.05) is 61.5 Å². The Bertz CT molecular complexity index is 923. The highest BCUT2D eigenvalue weighted by Crippen LogP contribution is 2.24. The zero-order valence-corrected chi connectivity index (χ0v) is 17.8. The van der Waals surface area contributed by atoms with Crippen LogP contribution in [0.3, 0.4) is 0 Å². The van der Waals surface area contributed by atoms with Crippen LogP contribution in [0.15, 0.2) is 72.8 Å². The van der Waals surface area contributed by atoms with Crippen LogP contribution in [0.5, 0.6) is 0 Å². The Hall–Kier alpha value is -2.98. The van der Waals surface area contributed by atoms with Gasteiger partial charge in [0.1, 0.15) is 0 Å². The van der Waals surface area contributed by atoms with Crippen molar-refractivity contribution >= 4 is 23.1 Å². The summed E-state index contributed by atoms with van der Waals surface area (Å²) in [5.74, 6) is 0. The normalized spacial score (nSPS) is 10.0. The minimum Gasteiger partial charge on any atom is -1.00 e. The van der Waals surface area contributed by atoms with Gasteiger partial charge >= 0.3 is 6.03 Å². The molecule has 29 heavy (non-hydrogen) atoms. The first-order chi connectivity index (χ1) is 13.6. The number of hydrogen-bond donors (Lipinski definition) is 2. The molecule has 0 bridgehead atoms. The number of nitrogens with zero attached hydrogens (tertiary/aromatic N) is 1. The minimum atomic E-state index is -0.244. The molecule has 0 aliphatic heterocycles. The van der Waals surface area contributed by atoms with Gasteiger partial charge in [-0.05, 0) is 67.8 Å². The highest BCUT2D eigenvalue weighted by molar-refractivity contribution is 6.00. The Morgan fingerprint density at radius 3 is 2.03 bits per heavy atom. The molecule has 4 nitrogen and oxygen atoms in total. The van der Waals surface area contributed by atoms with E-state index in [4.69, 9.17) is 0 Å². The second kappa shape index (κ2) is 10.5. The standard InChI is InChI=1S/C24H27N3O.ClH/c1-4-27(5-2)22-15-16-23(18(3)17-22)26-24(28)25-21-13-11-20(12-14-21)19-9-7-6-8-10-19;/h6-17H,4-5H2,1-3H3,(H2,25,26,28);1H/p-1. The summed E-state index contributed by atoms with van der Waals surface area (Å²) in [7, 11) is 0. The van der Waals surface area contributed by atoms with Gasteiger partial charge < -0.3 is 27.9 Å². The first-order valence-electron chi connectivity index (χ1n) is 9.69. The predicted octanol–water partition coefficient (Wildman–Crippen LogP) is 3.16. The third-order valence-electron chi connectivity index (χ3n) is 4.84. The van der Waals surface area contributed by atoms with Gasteiger partial charge in [0, 0.05) is 30.2 Å². The van der Waals surface area contributed by atoms with Crippen LogP contribution in [0, 0.1) is 6.92 Å². The molecular formula is C24H27ClN3O-. The molecule has 0 unspecified atom stereocenters. The lowest BCUT2D eigenvalue weighted by molar-refractivity contribution is -0.00000861. The molecule has 0 saturated carbocycles. The lowest BCUT2D eigenvalue weighted by atomic mass is 10.1. The number of rotatable bonds is 6. The van der Waals surface area contributed by atoms with Gasteiger partial charge in [-0.25, -0.2) is 4.79 Å². The minimum absolute atomic E-state index is 0. The first kappa shape index (κ1) is 22.3. The molecule has 0 aromatic heterocycles. The van der Waals surface area contributed by atoms with Gasteiger partial charge in [0.25, 0.3) is 0 Å². The third-order valence-corrected chi connectivity index (χ3v) is 4.84. The van der Waals surface area contributed by atoms with E-state index in [-0.39, 0.29) is 18.4 Å². The molecule has 0 radical (unpaired) electrons. The average Bonchev–Trinajstić information content (AvgIpc) is 2.72. The topological polar surface area (TPSA) is 44.4 Å². The summed E-state index contributed by atoms with van der Waals surface area (Å²) in [4.78, 5) is 14.7. The zero-order chi connectivity index (χ0) is 19.9. The number of aryl methyl sites for hydroxylation is 1. The van der Waals surface area contributed by atoms with Crippen LogP contribution in [0.4, 0.5) is 21.9 Å². The van der Waals surface area contributed by atoms with Crippen LogP contribution in [-0.4, -0.2) is 19.1 Å². The van der Waals surface area contributed by atoms with Gasteiger partial charge in [0.05, 0.1) is 0 Å². The fourth-order valence-corrected chi connectivity index (χ4v) is 3.23. The number of carbonyl (C=O) groups is 1. The Kier molecular flexibility index (Phi) is 8.10. The van der Waals surface area contributed by atoms with Crippen molar-refractivity contribution in [3.63, 3.8) is 0 Å². The summed E-state index contributed by atoms with van der Waals surface area (Å²) in [5, 5.41) is 5.83. The molecule has 3 aromatic carbocycles. The number of nitrogens with one attached hydrogen (secondary N) is 2. The molecule has 152 valence electrons. The second-order valence-electron chi connectivity index (χ2n) is 6.69. The fraction of sp³-hybridized carbons (Fsp3) is 0.208. The fourth-order valence-electron chi connectivity index (χ4n) is 3.23. The molecule has 5 heteroatoms. The van der Waals surface area contributed by atoms with Gasteiger partial charge in [-0.2, -0.15) is 0 Å². The number of hydrogen-bond acceptors (Lipinski definition) is 2. The van der Waals surface area contributed by atoms with Crippen molar-refractivity contribution < 1.29 is 17.2 Å². The Morgan fingerprint density at radius 1 is 0.828 bits per heavy atom. The summed E-state index contributed by atoms with van der Waals surface area (Å²) in [5.41, 5.74) is 6.06. The van der Waals surface area contributed by atoms with E-state index in [0.717, 1.165) is 41.2 Å². The van der Waals surface area contributed by atoms with Crippen molar-refractivity contribution in [2.45, 2.75) is 20.8 Å². The largest absolute Gasteiger partial charge is 1.00 e. The maximum atomic E-state index is 12.4. The lowest BCUT2D eigenvalue weighted by Crippen LogP contribution is -3.00. The van der Waals surface area contributed by atoms with E-state index in [1.54, 1.807) is 0 Å². The Balaban J connectivity index is 0.00000300. The molecule has 0 fully saturated rings. The number of halogens is 1. The number of benzene rings is 3. The molecule has 2 N–H and O–H groups in total. The first-order valence-corrected chi connectivity index (χ1v) is 9.69. The van der Waals surface area contributed by atoms with Crippen molar-refractivity contribution in [1.29, 1.82) is 0 Å². The highest BCUT2D eigenvalue weighted by Gasteiger charge is 2.08. The van der Waals surface area contributed by atoms with E-state index in [1.165, 1.54) is 5.69 Å². The molecule has 3 aromatic rings. The monoisotopic (exact) mass is 408 g/mol. The maximum Gasteiger partial charge on any atom is 0.323 e. The quantitative estimate of drug-likeness (QED) is 0.658. The summed E-state index contributed by atoms with van der Waals surface area (Å²) in [6, 6.07) is 23.9. The molecule has 0 aliphatic carbocycles. The van der Waals surface area contributed by atoms with Crippen LogP contribution < -0.4 is 27.9 Å². The molecule has 3 rings (SSSR count). The SMILES string of the molecule is CCN(CC)c1ccc(NC(=O)Nc2ccc(-c3ccccc3)cc2)c(C)c1.[Cl-]. The van der Waals surface area contributed by atoms with Crippen LogP contribution in [-0.2, 0) is 0 Å². The Morgan fingerprint density at radius 2 is 1.45 bits per heavy atom. The van der Waals surface area contributed by atoms with Crippen molar-refractivity contribution in [2.75, 3.05) is 28.6 Å². The van der Waals surface area contributed by atoms with Gasteiger partial charge in [-0.3, -0.25) is 0 Å². The maximum absolute atomic E-state index is 12.4. The van der Waals surface area contributed by atoms with Gasteiger partial charge in [-0.1, -0.05) is 42.5 Å². The van der Waals surface area contributed by atoms with Crippen LogP contribution in [0.2, 0.25) is 0 Å². The zero-order valence-electron chi connectivity index (χ0n) is 17.1. The van der Waals surface area contributed by atoms with Crippen molar-refractivity contribution in [3.8, 4) is 11.1 Å². The van der Waals surface area contributed by atoms with E-state index >= 15 is 0 Å². The summed E-state index contributed by atoms with van der Waals surface area (Å²) in [6.45, 7) is 8.21. The lowest BCUT2D eigenvalue weighted by Gasteiger charge is -2.22. The molecular weight excluding hydrogens is 382 g/mol. The predicted molar refractivity (Wildman–Crippen MR) is 119 cm³/mol. The summed E-state index contributed by atoms with van der Waals surface area (Å²) >= 11 is 0. The molecule has 0 atom stereocenters. The van der Waals surface area contributed by atoms with Crippen molar-refractivity contribution in [2.24, 2.45) is 0 Å². The highest BCUT2D eigenvalue weighted by atomic mass is 35.5. The number of carbonyl (C=O) groups excluding carboxylic acids is 1. The van der Waals surface area contributed by atoms with E-state index in [0.29, 0.717) is 0 Å². The number of anilines is 3. The molecule has 0 saturated heterocycles. The van der Waals surface area contributed by atoms with Crippen LogP contribution >= 0.6 is 0 Å². The van der Waals surface area contributed by atoms with E-state index in [2.05, 4.69) is 47.6 Å². The van der Waals surface area contributed by atoms with Crippen molar-refractivity contribution in [3.05, 3.63) is 78.4 Å². The van der Waals surface area contributed by atoms with Crippen molar-refractivity contribution in [1.82, 2.24) is 0 Å². The Labute approximate surface area is 179 Å². The molecule has 0 spiro atoms. The van der Waals surface area contributed by atoms with Gasteiger partial charge in [-0.15, -0.1) is 0 Å². The van der Waals surface area contributed by atoms with Crippen LogP contribution in [0.1, 0.15) is 19.4 Å².